The quantitative estimate of drug-likeness (QED) is 0.615. The molecule has 1 aliphatic carbocycles. The van der Waals surface area contributed by atoms with Crippen LogP contribution in [0.15, 0.2) is 24.5 Å². The minimum absolute atomic E-state index is 0. The lowest BCUT2D eigenvalue weighted by Crippen LogP contribution is -2.34. The summed E-state index contributed by atoms with van der Waals surface area (Å²) in [7, 11) is 0. The number of esters is 1. The van der Waals surface area contributed by atoms with E-state index in [1.165, 1.54) is 6.42 Å². The zero-order valence-corrected chi connectivity index (χ0v) is 12.8. The smallest absolute Gasteiger partial charge is 0.339 e. The first-order chi connectivity index (χ1) is 8.46. The van der Waals surface area contributed by atoms with Gasteiger partial charge in [-0.3, -0.25) is 4.98 Å². The maximum Gasteiger partial charge on any atom is 0.339 e. The highest BCUT2D eigenvalue weighted by molar-refractivity contribution is 5.89. The summed E-state index contributed by atoms with van der Waals surface area (Å²) in [5.74, 6) is 0.360. The topological polar surface area (TPSA) is 39.2 Å². The molecule has 0 spiro atoms. The third-order valence-electron chi connectivity index (χ3n) is 3.52. The van der Waals surface area contributed by atoms with Crippen LogP contribution < -0.4 is 0 Å². The molecule has 1 aromatic heterocycles. The summed E-state index contributed by atoms with van der Waals surface area (Å²) < 4.78 is 5.60. The van der Waals surface area contributed by atoms with Crippen molar-refractivity contribution in [3.63, 3.8) is 0 Å². The lowest BCUT2D eigenvalue weighted by atomic mass is 9.71. The van der Waals surface area contributed by atoms with E-state index in [1.807, 2.05) is 0 Å². The predicted molar refractivity (Wildman–Crippen MR) is 76.0 cm³/mol. The number of pyridine rings is 1. The molecule has 1 heterocycles. The number of carbonyl (C=O) groups is 1. The summed E-state index contributed by atoms with van der Waals surface area (Å²) in [6.07, 6.45) is 6.37. The molecule has 1 saturated carbocycles. The number of nitrogens with zero attached hydrogens (tertiary/aromatic N) is 1. The van der Waals surface area contributed by atoms with Crippen molar-refractivity contribution in [1.82, 2.24) is 4.98 Å². The Morgan fingerprint density at radius 1 is 1.42 bits per heavy atom. The van der Waals surface area contributed by atoms with Crippen molar-refractivity contribution >= 4 is 16.9 Å². The average Bonchev–Trinajstić information content (AvgIpc) is 2.27. The van der Waals surface area contributed by atoms with Gasteiger partial charge in [0, 0.05) is 23.4 Å². The van der Waals surface area contributed by atoms with Gasteiger partial charge >= 0.3 is 5.97 Å². The Kier molecular flexibility index (Phi) is 5.29. The van der Waals surface area contributed by atoms with Gasteiger partial charge in [-0.15, -0.1) is 0 Å². The van der Waals surface area contributed by atoms with Gasteiger partial charge < -0.3 is 4.74 Å². The van der Waals surface area contributed by atoms with E-state index >= 15 is 0 Å². The van der Waals surface area contributed by atoms with Crippen LogP contribution in [0, 0.1) is 11.3 Å². The van der Waals surface area contributed by atoms with Crippen molar-refractivity contribution in [3.05, 3.63) is 30.1 Å². The molecule has 0 saturated heterocycles. The monoisotopic (exact) mass is 275 g/mol. The van der Waals surface area contributed by atoms with E-state index < -0.39 is 0 Å². The largest absolute Gasteiger partial charge is 0.459 e. The molecule has 1 fully saturated rings. The Bertz CT molecular complexity index is 419. The number of hydrogen-bond acceptors (Lipinski definition) is 3. The summed E-state index contributed by atoms with van der Waals surface area (Å²) in [5, 5.41) is 0. The summed E-state index contributed by atoms with van der Waals surface area (Å²) >= 11 is 0. The SMILES string of the molecule is C[C@@H]1C[C@@H](OC(=O)c2cccnc2)CC(C)(C)C1.[Si]. The van der Waals surface area contributed by atoms with E-state index in [-0.39, 0.29) is 28.5 Å². The summed E-state index contributed by atoms with van der Waals surface area (Å²) in [4.78, 5) is 15.9. The van der Waals surface area contributed by atoms with Gasteiger partial charge in [0.2, 0.25) is 0 Å². The highest BCUT2D eigenvalue weighted by Crippen LogP contribution is 2.39. The Labute approximate surface area is 119 Å². The molecule has 0 amide bonds. The molecule has 0 N–H and O–H groups in total. The fourth-order valence-corrected chi connectivity index (χ4v) is 3.05. The molecule has 2 rings (SSSR count). The first kappa shape index (κ1) is 15.9. The van der Waals surface area contributed by atoms with Crippen molar-refractivity contribution in [2.75, 3.05) is 0 Å². The fraction of sp³-hybridized carbons (Fsp3) is 0.600. The van der Waals surface area contributed by atoms with Crippen molar-refractivity contribution < 1.29 is 9.53 Å². The molecule has 4 radical (unpaired) electrons. The summed E-state index contributed by atoms with van der Waals surface area (Å²) in [6.45, 7) is 6.72. The van der Waals surface area contributed by atoms with Crippen molar-refractivity contribution in [1.29, 1.82) is 0 Å². The number of rotatable bonds is 2. The van der Waals surface area contributed by atoms with E-state index in [0.29, 0.717) is 11.5 Å². The van der Waals surface area contributed by atoms with Crippen molar-refractivity contribution in [2.24, 2.45) is 11.3 Å². The number of hydrogen-bond donors (Lipinski definition) is 0. The van der Waals surface area contributed by atoms with Crippen LogP contribution in [0.4, 0.5) is 0 Å². The zero-order valence-electron chi connectivity index (χ0n) is 11.8. The molecule has 3 nitrogen and oxygen atoms in total. The van der Waals surface area contributed by atoms with Gasteiger partial charge in [-0.25, -0.2) is 4.79 Å². The molecule has 0 aliphatic heterocycles. The minimum atomic E-state index is -0.252. The molecule has 0 aromatic carbocycles. The molecular formula is C15H21NO2Si. The molecule has 0 unspecified atom stereocenters. The van der Waals surface area contributed by atoms with Crippen molar-refractivity contribution in [3.8, 4) is 0 Å². The molecule has 1 aliphatic rings. The van der Waals surface area contributed by atoms with Crippen molar-refractivity contribution in [2.45, 2.75) is 46.1 Å². The van der Waals surface area contributed by atoms with Gasteiger partial charge in [0.15, 0.2) is 0 Å². The van der Waals surface area contributed by atoms with Gasteiger partial charge in [0.1, 0.15) is 6.10 Å². The van der Waals surface area contributed by atoms with Crippen LogP contribution in [0.1, 0.15) is 50.4 Å². The van der Waals surface area contributed by atoms with Gasteiger partial charge in [0.05, 0.1) is 5.56 Å². The standard InChI is InChI=1S/C15H21NO2.Si/c1-11-7-13(9-15(2,3)8-11)18-14(17)12-5-4-6-16-10-12;/h4-6,10-11,13H,7-9H2,1-3H3;/t11-,13-;/m1./s1. The first-order valence-corrected chi connectivity index (χ1v) is 6.57. The Morgan fingerprint density at radius 3 is 2.74 bits per heavy atom. The van der Waals surface area contributed by atoms with E-state index in [9.17, 15) is 4.79 Å². The van der Waals surface area contributed by atoms with E-state index in [1.54, 1.807) is 24.5 Å². The molecule has 19 heavy (non-hydrogen) atoms. The predicted octanol–water partition coefficient (Wildman–Crippen LogP) is 3.07. The average molecular weight is 275 g/mol. The summed E-state index contributed by atoms with van der Waals surface area (Å²) in [6, 6.07) is 3.50. The fourth-order valence-electron chi connectivity index (χ4n) is 3.05. The van der Waals surface area contributed by atoms with E-state index in [2.05, 4.69) is 25.8 Å². The van der Waals surface area contributed by atoms with Crippen LogP contribution in [0.3, 0.4) is 0 Å². The molecule has 1 aromatic rings. The second-order valence-corrected chi connectivity index (χ2v) is 6.18. The Balaban J connectivity index is 0.00000180. The first-order valence-electron chi connectivity index (χ1n) is 6.57. The third kappa shape index (κ3) is 4.46. The second-order valence-electron chi connectivity index (χ2n) is 6.18. The van der Waals surface area contributed by atoms with Gasteiger partial charge in [-0.1, -0.05) is 20.8 Å². The lowest BCUT2D eigenvalue weighted by molar-refractivity contribution is -0.00717. The molecule has 4 heteroatoms. The molecule has 2 atom stereocenters. The maximum atomic E-state index is 12.0. The van der Waals surface area contributed by atoms with Crippen LogP contribution >= 0.6 is 0 Å². The molecule has 102 valence electrons. The molecule has 0 bridgehead atoms. The highest BCUT2D eigenvalue weighted by atomic mass is 28.1. The van der Waals surface area contributed by atoms with Gasteiger partial charge in [0.25, 0.3) is 0 Å². The number of aromatic nitrogens is 1. The van der Waals surface area contributed by atoms with Gasteiger partial charge in [-0.05, 0) is 42.7 Å². The highest BCUT2D eigenvalue weighted by Gasteiger charge is 2.34. The molecular weight excluding hydrogens is 254 g/mol. The summed E-state index contributed by atoms with van der Waals surface area (Å²) in [5.41, 5.74) is 0.797. The lowest BCUT2D eigenvalue weighted by Gasteiger charge is -2.38. The third-order valence-corrected chi connectivity index (χ3v) is 3.52. The van der Waals surface area contributed by atoms with Crippen LogP contribution in [-0.4, -0.2) is 28.0 Å². The number of carbonyl (C=O) groups excluding carboxylic acids is 1. The Morgan fingerprint density at radius 2 is 2.16 bits per heavy atom. The Hall–Kier alpha value is -1.16. The van der Waals surface area contributed by atoms with Crippen LogP contribution in [0.25, 0.3) is 0 Å². The van der Waals surface area contributed by atoms with Crippen LogP contribution in [0.5, 0.6) is 0 Å². The van der Waals surface area contributed by atoms with Crippen LogP contribution in [-0.2, 0) is 4.74 Å². The zero-order chi connectivity index (χ0) is 13.2. The van der Waals surface area contributed by atoms with E-state index in [4.69, 9.17) is 4.74 Å². The minimum Gasteiger partial charge on any atom is -0.459 e. The van der Waals surface area contributed by atoms with Crippen LogP contribution in [0.2, 0.25) is 0 Å². The van der Waals surface area contributed by atoms with Gasteiger partial charge in [-0.2, -0.15) is 0 Å². The second kappa shape index (κ2) is 6.33. The number of ether oxygens (including phenoxy) is 1. The maximum absolute atomic E-state index is 12.0. The normalized spacial score (nSPS) is 25.2. The van der Waals surface area contributed by atoms with E-state index in [0.717, 1.165) is 12.8 Å².